The molecule has 1 aliphatic carbocycles. The normalized spacial score (nSPS) is 19.3. The molecule has 156 valence electrons. The van der Waals surface area contributed by atoms with Crippen molar-refractivity contribution in [1.82, 2.24) is 4.90 Å². The number of halogens is 1. The minimum absolute atomic E-state index is 0.152. The summed E-state index contributed by atoms with van der Waals surface area (Å²) in [5.74, 6) is -2.46. The Morgan fingerprint density at radius 3 is 2.27 bits per heavy atom. The number of hydrogen-bond acceptors (Lipinski definition) is 5. The summed E-state index contributed by atoms with van der Waals surface area (Å²) in [6.07, 6.45) is 1.11. The maximum absolute atomic E-state index is 14.2. The number of hydrogen-bond donors (Lipinski definition) is 1. The summed E-state index contributed by atoms with van der Waals surface area (Å²) >= 11 is 0. The Morgan fingerprint density at radius 1 is 1.07 bits per heavy atom. The Balaban J connectivity index is 1.64. The molecule has 0 bridgehead atoms. The van der Waals surface area contributed by atoms with Crippen LogP contribution in [0.5, 0.6) is 0 Å². The van der Waals surface area contributed by atoms with Gasteiger partial charge in [-0.05, 0) is 49.2 Å². The summed E-state index contributed by atoms with van der Waals surface area (Å²) in [4.78, 5) is 40.7. The van der Waals surface area contributed by atoms with Gasteiger partial charge in [0.25, 0.3) is 11.8 Å². The number of rotatable bonds is 5. The van der Waals surface area contributed by atoms with Gasteiger partial charge in [-0.3, -0.25) is 14.4 Å². The smallest absolute Gasteiger partial charge is 0.257 e. The van der Waals surface area contributed by atoms with E-state index in [1.54, 1.807) is 0 Å². The van der Waals surface area contributed by atoms with Gasteiger partial charge in [0.05, 0.1) is 22.6 Å². The molecule has 2 aromatic carbocycles. The number of nitrogens with zero attached hydrogens (tertiary/aromatic N) is 2. The summed E-state index contributed by atoms with van der Waals surface area (Å²) in [7, 11) is -3.92. The number of sulfonamides is 1. The fourth-order valence-electron chi connectivity index (χ4n) is 3.58. The van der Waals surface area contributed by atoms with Crippen molar-refractivity contribution in [3.63, 3.8) is 0 Å². The molecule has 0 aromatic heterocycles. The van der Waals surface area contributed by atoms with E-state index in [0.717, 1.165) is 4.90 Å². The minimum Gasteiger partial charge on any atom is -0.323 e. The van der Waals surface area contributed by atoms with Crippen LogP contribution < -0.4 is 10.0 Å². The molecule has 10 heteroatoms. The molecule has 2 aliphatic rings. The summed E-state index contributed by atoms with van der Waals surface area (Å²) in [5.41, 5.74) is 0.0228. The van der Waals surface area contributed by atoms with E-state index in [2.05, 4.69) is 0 Å². The summed E-state index contributed by atoms with van der Waals surface area (Å²) in [6.45, 7) is 0. The second-order valence-electron chi connectivity index (χ2n) is 7.25. The van der Waals surface area contributed by atoms with Gasteiger partial charge in [0.15, 0.2) is 0 Å². The number of carbonyl (C=O) groups excluding carboxylic acids is 3. The quantitative estimate of drug-likeness (QED) is 0.718. The second kappa shape index (κ2) is 7.29. The molecule has 3 amide bonds. The molecule has 1 aliphatic heterocycles. The lowest BCUT2D eigenvalue weighted by Gasteiger charge is -2.27. The first-order valence-electron chi connectivity index (χ1n) is 9.25. The van der Waals surface area contributed by atoms with Crippen LogP contribution in [0.4, 0.5) is 10.1 Å². The second-order valence-corrected chi connectivity index (χ2v) is 8.81. The van der Waals surface area contributed by atoms with Gasteiger partial charge in [0, 0.05) is 6.04 Å². The highest BCUT2D eigenvalue weighted by Crippen LogP contribution is 2.35. The van der Waals surface area contributed by atoms with Crippen LogP contribution in [0.15, 0.2) is 53.4 Å². The van der Waals surface area contributed by atoms with E-state index in [1.807, 2.05) is 0 Å². The summed E-state index contributed by atoms with van der Waals surface area (Å²) in [6, 6.07) is 9.22. The van der Waals surface area contributed by atoms with Crippen LogP contribution in [0.3, 0.4) is 0 Å². The van der Waals surface area contributed by atoms with Crippen LogP contribution in [0.25, 0.3) is 0 Å². The Kier molecular flexibility index (Phi) is 4.91. The number of benzene rings is 2. The number of anilines is 1. The largest absolute Gasteiger partial charge is 0.323 e. The monoisotopic (exact) mass is 431 g/mol. The third-order valence-electron chi connectivity index (χ3n) is 5.16. The molecule has 1 atom stereocenters. The van der Waals surface area contributed by atoms with Crippen LogP contribution in [-0.2, 0) is 19.6 Å². The van der Waals surface area contributed by atoms with Crippen molar-refractivity contribution >= 4 is 33.4 Å². The zero-order valence-electron chi connectivity index (χ0n) is 15.7. The van der Waals surface area contributed by atoms with Gasteiger partial charge in [-0.1, -0.05) is 12.1 Å². The molecule has 0 spiro atoms. The van der Waals surface area contributed by atoms with E-state index >= 15 is 0 Å². The van der Waals surface area contributed by atoms with Crippen LogP contribution in [0.2, 0.25) is 0 Å². The zero-order chi connectivity index (χ0) is 21.6. The van der Waals surface area contributed by atoms with E-state index in [1.165, 1.54) is 53.4 Å². The molecule has 1 heterocycles. The van der Waals surface area contributed by atoms with Gasteiger partial charge >= 0.3 is 0 Å². The highest BCUT2D eigenvalue weighted by atomic mass is 32.2. The first-order chi connectivity index (χ1) is 14.2. The molecule has 1 saturated carbocycles. The molecule has 30 heavy (non-hydrogen) atoms. The van der Waals surface area contributed by atoms with E-state index in [4.69, 9.17) is 5.14 Å². The fourth-order valence-corrected chi connectivity index (χ4v) is 4.09. The Labute approximate surface area is 172 Å². The molecule has 4 rings (SSSR count). The number of nitrogens with two attached hydrogens (primary N) is 1. The minimum atomic E-state index is -3.92. The third-order valence-corrected chi connectivity index (χ3v) is 6.09. The molecule has 2 fully saturated rings. The average molecular weight is 431 g/mol. The van der Waals surface area contributed by atoms with Crippen molar-refractivity contribution in [2.24, 2.45) is 5.14 Å². The molecule has 2 N–H and O–H groups in total. The van der Waals surface area contributed by atoms with Crippen LogP contribution >= 0.6 is 0 Å². The first kappa shape index (κ1) is 20.2. The highest BCUT2D eigenvalue weighted by Gasteiger charge is 2.49. The predicted octanol–water partition coefficient (Wildman–Crippen LogP) is 1.41. The number of primary sulfonamides is 1. The topological polar surface area (TPSA) is 118 Å². The molecular formula is C20H18FN3O5S. The average Bonchev–Trinajstić information content (AvgIpc) is 3.48. The van der Waals surface area contributed by atoms with Crippen molar-refractivity contribution in [2.75, 3.05) is 4.90 Å². The molecule has 8 nitrogen and oxygen atoms in total. The molecule has 0 radical (unpaired) electrons. The first-order valence-corrected chi connectivity index (χ1v) is 10.8. The van der Waals surface area contributed by atoms with Gasteiger partial charge in [0.1, 0.15) is 11.9 Å². The zero-order valence-corrected chi connectivity index (χ0v) is 16.5. The lowest BCUT2D eigenvalue weighted by molar-refractivity contribution is -0.122. The standard InChI is InChI=1S/C20H18FN3O5S/c21-16-4-2-1-3-15(16)19(26)23(12-5-6-12)17-11-18(25)24(20(17)27)13-7-9-14(10-8-13)30(22,28)29/h1-4,7-10,12,17H,5-6,11H2,(H2,22,28,29). The number of amides is 3. The summed E-state index contributed by atoms with van der Waals surface area (Å²) < 4.78 is 37.0. The van der Waals surface area contributed by atoms with E-state index in [-0.39, 0.29) is 28.6 Å². The van der Waals surface area contributed by atoms with Crippen molar-refractivity contribution < 1.29 is 27.2 Å². The van der Waals surface area contributed by atoms with Gasteiger partial charge in [-0.2, -0.15) is 0 Å². The lowest BCUT2D eigenvalue weighted by Crippen LogP contribution is -2.47. The van der Waals surface area contributed by atoms with Crippen molar-refractivity contribution in [3.05, 3.63) is 59.9 Å². The Morgan fingerprint density at radius 2 is 1.70 bits per heavy atom. The Bertz CT molecular complexity index is 1150. The maximum atomic E-state index is 14.2. The van der Waals surface area contributed by atoms with Crippen molar-refractivity contribution in [1.29, 1.82) is 0 Å². The number of carbonyl (C=O) groups is 3. The molecule has 1 saturated heterocycles. The molecular weight excluding hydrogens is 413 g/mol. The van der Waals surface area contributed by atoms with Crippen LogP contribution in [-0.4, -0.2) is 43.1 Å². The van der Waals surface area contributed by atoms with Crippen molar-refractivity contribution in [3.8, 4) is 0 Å². The van der Waals surface area contributed by atoms with Gasteiger partial charge < -0.3 is 4.90 Å². The van der Waals surface area contributed by atoms with E-state index in [9.17, 15) is 27.2 Å². The predicted molar refractivity (Wildman–Crippen MR) is 104 cm³/mol. The molecule has 1 unspecified atom stereocenters. The SMILES string of the molecule is NS(=O)(=O)c1ccc(N2C(=O)CC(N(C(=O)c3ccccc3F)C3CC3)C2=O)cc1. The van der Waals surface area contributed by atoms with Gasteiger partial charge in [-0.25, -0.2) is 22.8 Å². The van der Waals surface area contributed by atoms with E-state index < -0.39 is 39.6 Å². The van der Waals surface area contributed by atoms with E-state index in [0.29, 0.717) is 12.8 Å². The van der Waals surface area contributed by atoms with Crippen molar-refractivity contribution in [2.45, 2.75) is 36.2 Å². The van der Waals surface area contributed by atoms with Crippen LogP contribution in [0, 0.1) is 5.82 Å². The number of imide groups is 1. The Hall–Kier alpha value is -3.11. The van der Waals surface area contributed by atoms with Crippen LogP contribution in [0.1, 0.15) is 29.6 Å². The van der Waals surface area contributed by atoms with Gasteiger partial charge in [0.2, 0.25) is 15.9 Å². The highest BCUT2D eigenvalue weighted by molar-refractivity contribution is 7.89. The molecule has 2 aromatic rings. The lowest BCUT2D eigenvalue weighted by atomic mass is 10.1. The fraction of sp³-hybridized carbons (Fsp3) is 0.250. The summed E-state index contributed by atoms with van der Waals surface area (Å²) in [5, 5.41) is 5.07. The third kappa shape index (κ3) is 3.59. The maximum Gasteiger partial charge on any atom is 0.257 e. The van der Waals surface area contributed by atoms with Gasteiger partial charge in [-0.15, -0.1) is 0 Å².